The number of nitrogens with one attached hydrogen (secondary N) is 2. The lowest BCUT2D eigenvalue weighted by atomic mass is 10.3. The molecule has 0 aliphatic heterocycles. The maximum absolute atomic E-state index is 12.1. The maximum atomic E-state index is 12.1. The van der Waals surface area contributed by atoms with Gasteiger partial charge in [0.2, 0.25) is 5.91 Å². The number of rotatable bonds is 6. The van der Waals surface area contributed by atoms with Crippen LogP contribution in [0.15, 0.2) is 55.2 Å². The van der Waals surface area contributed by atoms with Gasteiger partial charge >= 0.3 is 0 Å². The molecule has 3 aromatic rings. The average molecular weight is 352 g/mol. The minimum atomic E-state index is -0.402. The third-order valence-corrected chi connectivity index (χ3v) is 3.37. The molecule has 132 valence electrons. The summed E-state index contributed by atoms with van der Waals surface area (Å²) in [6.45, 7) is 0.00699. The van der Waals surface area contributed by atoms with Gasteiger partial charge in [0.25, 0.3) is 5.91 Å². The first-order valence-electron chi connectivity index (χ1n) is 7.68. The lowest BCUT2D eigenvalue weighted by molar-refractivity contribution is -0.116. The molecule has 0 bridgehead atoms. The fourth-order valence-electron chi connectivity index (χ4n) is 2.15. The van der Waals surface area contributed by atoms with Crippen molar-refractivity contribution in [1.29, 1.82) is 0 Å². The standard InChI is InChI=1S/C17H16N6O3/c1-26-14-4-2-12(3-5-14)21-16(24)11-23-10-13(8-20-23)22-17(25)15-9-18-6-7-19-15/h2-10H,11H2,1H3,(H,21,24)(H,22,25). The molecule has 2 heterocycles. The number of ether oxygens (including phenoxy) is 1. The number of amides is 2. The van der Waals surface area contributed by atoms with Gasteiger partial charge in [0.05, 0.1) is 25.2 Å². The highest BCUT2D eigenvalue weighted by Crippen LogP contribution is 2.15. The minimum absolute atomic E-state index is 0.00699. The Morgan fingerprint density at radius 2 is 1.88 bits per heavy atom. The summed E-state index contributed by atoms with van der Waals surface area (Å²) in [6.07, 6.45) is 7.29. The van der Waals surface area contributed by atoms with Gasteiger partial charge in [-0.1, -0.05) is 0 Å². The lowest BCUT2D eigenvalue weighted by Crippen LogP contribution is -2.19. The summed E-state index contributed by atoms with van der Waals surface area (Å²) in [4.78, 5) is 31.8. The molecule has 2 amide bonds. The van der Waals surface area contributed by atoms with Crippen molar-refractivity contribution in [2.75, 3.05) is 17.7 Å². The predicted octanol–water partition coefficient (Wildman–Crippen LogP) is 1.57. The number of aromatic nitrogens is 4. The molecule has 0 saturated heterocycles. The Morgan fingerprint density at radius 1 is 1.08 bits per heavy atom. The van der Waals surface area contributed by atoms with Crippen LogP contribution in [0, 0.1) is 0 Å². The predicted molar refractivity (Wildman–Crippen MR) is 93.8 cm³/mol. The zero-order chi connectivity index (χ0) is 18.4. The minimum Gasteiger partial charge on any atom is -0.497 e. The molecule has 0 aliphatic carbocycles. The SMILES string of the molecule is COc1ccc(NC(=O)Cn2cc(NC(=O)c3cnccn3)cn2)cc1. The lowest BCUT2D eigenvalue weighted by Gasteiger charge is -2.06. The van der Waals surface area contributed by atoms with Crippen LogP contribution in [0.3, 0.4) is 0 Å². The summed E-state index contributed by atoms with van der Waals surface area (Å²) in [5.74, 6) is 0.0592. The van der Waals surface area contributed by atoms with E-state index in [-0.39, 0.29) is 18.1 Å². The largest absolute Gasteiger partial charge is 0.497 e. The first-order valence-corrected chi connectivity index (χ1v) is 7.68. The molecule has 0 saturated carbocycles. The first kappa shape index (κ1) is 17.1. The van der Waals surface area contributed by atoms with Crippen LogP contribution in [-0.4, -0.2) is 38.7 Å². The number of hydrogen-bond donors (Lipinski definition) is 2. The second-order valence-corrected chi connectivity index (χ2v) is 5.25. The summed E-state index contributed by atoms with van der Waals surface area (Å²) in [5.41, 5.74) is 1.30. The molecule has 9 nitrogen and oxygen atoms in total. The normalized spacial score (nSPS) is 10.2. The van der Waals surface area contributed by atoms with E-state index in [0.717, 1.165) is 0 Å². The molecule has 9 heteroatoms. The van der Waals surface area contributed by atoms with E-state index in [0.29, 0.717) is 17.1 Å². The number of carbonyl (C=O) groups excluding carboxylic acids is 2. The number of anilines is 2. The molecule has 1 aromatic carbocycles. The Hall–Kier alpha value is -3.75. The molecule has 26 heavy (non-hydrogen) atoms. The van der Waals surface area contributed by atoms with Gasteiger partial charge in [-0.25, -0.2) is 4.98 Å². The number of methoxy groups -OCH3 is 1. The highest BCUT2D eigenvalue weighted by Gasteiger charge is 2.10. The highest BCUT2D eigenvalue weighted by atomic mass is 16.5. The third kappa shape index (κ3) is 4.41. The fourth-order valence-corrected chi connectivity index (χ4v) is 2.15. The molecule has 0 radical (unpaired) electrons. The average Bonchev–Trinajstić information content (AvgIpc) is 3.09. The van der Waals surface area contributed by atoms with E-state index in [4.69, 9.17) is 4.74 Å². The van der Waals surface area contributed by atoms with E-state index in [2.05, 4.69) is 25.7 Å². The number of benzene rings is 1. The van der Waals surface area contributed by atoms with E-state index in [1.54, 1.807) is 37.6 Å². The van der Waals surface area contributed by atoms with E-state index < -0.39 is 5.91 Å². The van der Waals surface area contributed by atoms with Crippen LogP contribution in [0.5, 0.6) is 5.75 Å². The van der Waals surface area contributed by atoms with Crippen LogP contribution < -0.4 is 15.4 Å². The molecule has 3 rings (SSSR count). The van der Waals surface area contributed by atoms with Gasteiger partial charge in [0.1, 0.15) is 18.0 Å². The molecular formula is C17H16N6O3. The Bertz CT molecular complexity index is 892. The number of nitrogens with zero attached hydrogens (tertiary/aromatic N) is 4. The van der Waals surface area contributed by atoms with Gasteiger partial charge in [0, 0.05) is 24.3 Å². The van der Waals surface area contributed by atoms with Crippen molar-refractivity contribution >= 4 is 23.2 Å². The zero-order valence-electron chi connectivity index (χ0n) is 13.9. The van der Waals surface area contributed by atoms with Crippen molar-refractivity contribution in [1.82, 2.24) is 19.7 Å². The first-order chi connectivity index (χ1) is 12.6. The Kier molecular flexibility index (Phi) is 5.18. The van der Waals surface area contributed by atoms with E-state index in [9.17, 15) is 9.59 Å². The van der Waals surface area contributed by atoms with Crippen LogP contribution in [0.25, 0.3) is 0 Å². The maximum Gasteiger partial charge on any atom is 0.275 e. The van der Waals surface area contributed by atoms with Gasteiger partial charge in [-0.05, 0) is 24.3 Å². The van der Waals surface area contributed by atoms with Gasteiger partial charge in [-0.15, -0.1) is 0 Å². The van der Waals surface area contributed by atoms with Crippen molar-refractivity contribution in [3.8, 4) is 5.75 Å². The van der Waals surface area contributed by atoms with Crippen LogP contribution >= 0.6 is 0 Å². The Morgan fingerprint density at radius 3 is 2.58 bits per heavy atom. The summed E-state index contributed by atoms with van der Waals surface area (Å²) in [7, 11) is 1.58. The van der Waals surface area contributed by atoms with Crippen molar-refractivity contribution in [3.05, 3.63) is 60.9 Å². The topological polar surface area (TPSA) is 111 Å². The van der Waals surface area contributed by atoms with Gasteiger partial charge < -0.3 is 15.4 Å². The van der Waals surface area contributed by atoms with Gasteiger partial charge in [0.15, 0.2) is 0 Å². The van der Waals surface area contributed by atoms with Crippen molar-refractivity contribution in [2.24, 2.45) is 0 Å². The summed E-state index contributed by atoms with van der Waals surface area (Å²) >= 11 is 0. The fraction of sp³-hybridized carbons (Fsp3) is 0.118. The molecule has 2 N–H and O–H groups in total. The monoisotopic (exact) mass is 352 g/mol. The quantitative estimate of drug-likeness (QED) is 0.697. The molecule has 0 spiro atoms. The van der Waals surface area contributed by atoms with Crippen molar-refractivity contribution < 1.29 is 14.3 Å². The van der Waals surface area contributed by atoms with Crippen LogP contribution in [0.2, 0.25) is 0 Å². The molecule has 0 unspecified atom stereocenters. The second kappa shape index (κ2) is 7.88. The van der Waals surface area contributed by atoms with Crippen LogP contribution in [0.1, 0.15) is 10.5 Å². The smallest absolute Gasteiger partial charge is 0.275 e. The number of carbonyl (C=O) groups is 2. The summed E-state index contributed by atoms with van der Waals surface area (Å²) in [6, 6.07) is 6.99. The molecular weight excluding hydrogens is 336 g/mol. The highest BCUT2D eigenvalue weighted by molar-refractivity contribution is 6.02. The van der Waals surface area contributed by atoms with Gasteiger partial charge in [-0.2, -0.15) is 5.10 Å². The number of hydrogen-bond acceptors (Lipinski definition) is 6. The zero-order valence-corrected chi connectivity index (χ0v) is 13.9. The third-order valence-electron chi connectivity index (χ3n) is 3.37. The molecule has 0 atom stereocenters. The van der Waals surface area contributed by atoms with E-state index in [1.807, 2.05) is 0 Å². The van der Waals surface area contributed by atoms with Crippen LogP contribution in [-0.2, 0) is 11.3 Å². The Labute approximate surface area is 149 Å². The molecule has 0 fully saturated rings. The van der Waals surface area contributed by atoms with E-state index >= 15 is 0 Å². The molecule has 2 aromatic heterocycles. The Balaban J connectivity index is 1.55. The van der Waals surface area contributed by atoms with Crippen LogP contribution in [0.4, 0.5) is 11.4 Å². The summed E-state index contributed by atoms with van der Waals surface area (Å²) < 4.78 is 6.49. The van der Waals surface area contributed by atoms with E-state index in [1.165, 1.54) is 29.5 Å². The second-order valence-electron chi connectivity index (χ2n) is 5.25. The summed E-state index contributed by atoms with van der Waals surface area (Å²) in [5, 5.41) is 9.46. The van der Waals surface area contributed by atoms with Crippen molar-refractivity contribution in [3.63, 3.8) is 0 Å². The van der Waals surface area contributed by atoms with Gasteiger partial charge in [-0.3, -0.25) is 19.3 Å². The molecule has 0 aliphatic rings. The van der Waals surface area contributed by atoms with Crippen molar-refractivity contribution in [2.45, 2.75) is 6.54 Å².